The summed E-state index contributed by atoms with van der Waals surface area (Å²) in [5.74, 6) is 0.373. The second-order valence-electron chi connectivity index (χ2n) is 5.47. The van der Waals surface area contributed by atoms with Gasteiger partial charge in [-0.2, -0.15) is 4.68 Å². The lowest BCUT2D eigenvalue weighted by Gasteiger charge is -2.08. The minimum atomic E-state index is -0.163. The van der Waals surface area contributed by atoms with Gasteiger partial charge in [-0.05, 0) is 71.8 Å². The monoisotopic (exact) mass is 341 g/mol. The Kier molecular flexibility index (Phi) is 4.57. The molecule has 1 N–H and O–H groups in total. The number of halogens is 1. The van der Waals surface area contributed by atoms with E-state index in [4.69, 9.17) is 11.6 Å². The van der Waals surface area contributed by atoms with Crippen molar-refractivity contribution in [2.45, 2.75) is 20.4 Å². The molecule has 0 aliphatic rings. The summed E-state index contributed by atoms with van der Waals surface area (Å²) in [6.07, 6.45) is 0. The summed E-state index contributed by atoms with van der Waals surface area (Å²) in [7, 11) is 0. The largest absolute Gasteiger partial charge is 0.345 e. The Labute approximate surface area is 144 Å². The van der Waals surface area contributed by atoms with Crippen LogP contribution < -0.4 is 5.32 Å². The number of hydrogen-bond donors (Lipinski definition) is 1. The van der Waals surface area contributed by atoms with Gasteiger partial charge in [0.1, 0.15) is 0 Å². The fraction of sp³-hybridized carbons (Fsp3) is 0.176. The molecule has 24 heavy (non-hydrogen) atoms. The summed E-state index contributed by atoms with van der Waals surface area (Å²) in [5, 5.41) is 15.1. The number of hydrogen-bond acceptors (Lipinski definition) is 4. The van der Waals surface area contributed by atoms with Crippen LogP contribution in [0.3, 0.4) is 0 Å². The molecule has 6 nitrogen and oxygen atoms in total. The van der Waals surface area contributed by atoms with Gasteiger partial charge < -0.3 is 5.32 Å². The fourth-order valence-corrected chi connectivity index (χ4v) is 2.37. The van der Waals surface area contributed by atoms with Crippen molar-refractivity contribution in [1.29, 1.82) is 0 Å². The Morgan fingerprint density at radius 3 is 2.58 bits per heavy atom. The first-order valence-electron chi connectivity index (χ1n) is 7.43. The lowest BCUT2D eigenvalue weighted by molar-refractivity contribution is 0.0949. The first-order chi connectivity index (χ1) is 11.5. The van der Waals surface area contributed by atoms with Crippen LogP contribution >= 0.6 is 11.6 Å². The van der Waals surface area contributed by atoms with Gasteiger partial charge in [0, 0.05) is 10.6 Å². The topological polar surface area (TPSA) is 72.7 Å². The predicted molar refractivity (Wildman–Crippen MR) is 91.3 cm³/mol. The van der Waals surface area contributed by atoms with Gasteiger partial charge in [-0.1, -0.05) is 17.7 Å². The minimum Gasteiger partial charge on any atom is -0.345 e. The van der Waals surface area contributed by atoms with Crippen molar-refractivity contribution < 1.29 is 4.79 Å². The highest BCUT2D eigenvalue weighted by Gasteiger charge is 2.11. The molecule has 0 fully saturated rings. The minimum absolute atomic E-state index is 0.163. The molecule has 0 atom stereocenters. The summed E-state index contributed by atoms with van der Waals surface area (Å²) in [4.78, 5) is 12.3. The molecule has 3 rings (SSSR count). The quantitative estimate of drug-likeness (QED) is 0.792. The molecule has 0 saturated heterocycles. The maximum absolute atomic E-state index is 12.3. The molecule has 1 aromatic heterocycles. The molecule has 7 heteroatoms. The number of nitrogens with zero attached hydrogens (tertiary/aromatic N) is 4. The van der Waals surface area contributed by atoms with Crippen molar-refractivity contribution in [3.63, 3.8) is 0 Å². The van der Waals surface area contributed by atoms with Crippen LogP contribution in [0.15, 0.2) is 42.5 Å². The molecule has 3 aromatic rings. The van der Waals surface area contributed by atoms with Crippen LogP contribution in [0.25, 0.3) is 5.69 Å². The number of carbonyl (C=O) groups is 1. The average molecular weight is 342 g/mol. The smallest absolute Gasteiger partial charge is 0.251 e. The molecular weight excluding hydrogens is 326 g/mol. The zero-order chi connectivity index (χ0) is 17.1. The first-order valence-corrected chi connectivity index (χ1v) is 7.81. The van der Waals surface area contributed by atoms with Crippen LogP contribution in [0.1, 0.15) is 27.3 Å². The molecule has 0 radical (unpaired) electrons. The number of aryl methyl sites for hydroxylation is 2. The van der Waals surface area contributed by atoms with E-state index in [1.54, 1.807) is 22.9 Å². The highest BCUT2D eigenvalue weighted by molar-refractivity contribution is 6.30. The van der Waals surface area contributed by atoms with E-state index >= 15 is 0 Å². The maximum Gasteiger partial charge on any atom is 0.251 e. The van der Waals surface area contributed by atoms with Crippen LogP contribution in [0.2, 0.25) is 5.02 Å². The van der Waals surface area contributed by atoms with Crippen LogP contribution in [0, 0.1) is 13.8 Å². The summed E-state index contributed by atoms with van der Waals surface area (Å²) in [6, 6.07) is 12.8. The highest BCUT2D eigenvalue weighted by Crippen LogP contribution is 2.14. The second-order valence-corrected chi connectivity index (χ2v) is 5.90. The Balaban J connectivity index is 1.73. The Morgan fingerprint density at radius 1 is 1.12 bits per heavy atom. The van der Waals surface area contributed by atoms with Gasteiger partial charge in [-0.3, -0.25) is 4.79 Å². The lowest BCUT2D eigenvalue weighted by atomic mass is 10.1. The number of aromatic nitrogens is 4. The SMILES string of the molecule is Cc1ccc(C(=O)NCc2nnnn2-c2ccc(Cl)cc2)cc1C. The summed E-state index contributed by atoms with van der Waals surface area (Å²) in [5.41, 5.74) is 3.62. The van der Waals surface area contributed by atoms with Crippen molar-refractivity contribution in [3.8, 4) is 5.69 Å². The van der Waals surface area contributed by atoms with E-state index in [0.717, 1.165) is 16.8 Å². The third-order valence-corrected chi connectivity index (χ3v) is 4.03. The molecule has 0 bridgehead atoms. The molecule has 1 heterocycles. The van der Waals surface area contributed by atoms with E-state index in [-0.39, 0.29) is 12.5 Å². The third kappa shape index (κ3) is 3.44. The predicted octanol–water partition coefficient (Wildman–Crippen LogP) is 2.86. The van der Waals surface area contributed by atoms with Crippen molar-refractivity contribution in [1.82, 2.24) is 25.5 Å². The first kappa shape index (κ1) is 16.1. The highest BCUT2D eigenvalue weighted by atomic mass is 35.5. The van der Waals surface area contributed by atoms with Crippen LogP contribution in [0.5, 0.6) is 0 Å². The molecule has 0 saturated carbocycles. The van der Waals surface area contributed by atoms with Crippen LogP contribution in [-0.2, 0) is 6.54 Å². The van der Waals surface area contributed by atoms with Crippen LogP contribution in [-0.4, -0.2) is 26.1 Å². The molecule has 2 aromatic carbocycles. The zero-order valence-electron chi connectivity index (χ0n) is 13.3. The standard InChI is InChI=1S/C17H16ClN5O/c1-11-3-4-13(9-12(11)2)17(24)19-10-16-20-21-22-23(16)15-7-5-14(18)6-8-15/h3-9H,10H2,1-2H3,(H,19,24). The van der Waals surface area contributed by atoms with Crippen molar-refractivity contribution in [2.75, 3.05) is 0 Å². The molecular formula is C17H16ClN5O. The van der Waals surface area contributed by atoms with E-state index in [0.29, 0.717) is 16.4 Å². The number of benzene rings is 2. The van der Waals surface area contributed by atoms with Gasteiger partial charge in [0.05, 0.1) is 12.2 Å². The van der Waals surface area contributed by atoms with Crippen molar-refractivity contribution in [3.05, 3.63) is 70.0 Å². The Morgan fingerprint density at radius 2 is 1.88 bits per heavy atom. The number of tetrazole rings is 1. The molecule has 0 aliphatic carbocycles. The number of carbonyl (C=O) groups excluding carboxylic acids is 1. The molecule has 0 unspecified atom stereocenters. The van der Waals surface area contributed by atoms with E-state index in [9.17, 15) is 4.79 Å². The van der Waals surface area contributed by atoms with Gasteiger partial charge in [0.25, 0.3) is 5.91 Å². The van der Waals surface area contributed by atoms with Crippen molar-refractivity contribution in [2.24, 2.45) is 0 Å². The maximum atomic E-state index is 12.3. The van der Waals surface area contributed by atoms with Crippen LogP contribution in [0.4, 0.5) is 0 Å². The molecule has 122 valence electrons. The number of amides is 1. The zero-order valence-corrected chi connectivity index (χ0v) is 14.1. The summed E-state index contributed by atoms with van der Waals surface area (Å²) in [6.45, 7) is 4.21. The second kappa shape index (κ2) is 6.80. The summed E-state index contributed by atoms with van der Waals surface area (Å²) < 4.78 is 1.57. The van der Waals surface area contributed by atoms with E-state index in [1.807, 2.05) is 38.1 Å². The Bertz CT molecular complexity index is 873. The van der Waals surface area contributed by atoms with Gasteiger partial charge in [0.2, 0.25) is 0 Å². The lowest BCUT2D eigenvalue weighted by Crippen LogP contribution is -2.24. The average Bonchev–Trinajstić information content (AvgIpc) is 3.04. The fourth-order valence-electron chi connectivity index (χ4n) is 2.24. The molecule has 0 spiro atoms. The summed E-state index contributed by atoms with van der Waals surface area (Å²) >= 11 is 5.89. The van der Waals surface area contributed by atoms with E-state index in [2.05, 4.69) is 20.8 Å². The number of rotatable bonds is 4. The number of nitrogens with one attached hydrogen (secondary N) is 1. The van der Waals surface area contributed by atoms with Gasteiger partial charge in [0.15, 0.2) is 5.82 Å². The van der Waals surface area contributed by atoms with Gasteiger partial charge >= 0.3 is 0 Å². The van der Waals surface area contributed by atoms with E-state index in [1.165, 1.54) is 0 Å². The van der Waals surface area contributed by atoms with Gasteiger partial charge in [-0.25, -0.2) is 0 Å². The normalized spacial score (nSPS) is 10.6. The van der Waals surface area contributed by atoms with Gasteiger partial charge in [-0.15, -0.1) is 5.10 Å². The molecule has 0 aliphatic heterocycles. The Hall–Kier alpha value is -2.73. The molecule has 1 amide bonds. The van der Waals surface area contributed by atoms with E-state index < -0.39 is 0 Å². The third-order valence-electron chi connectivity index (χ3n) is 3.78. The van der Waals surface area contributed by atoms with Crippen molar-refractivity contribution >= 4 is 17.5 Å².